The van der Waals surface area contributed by atoms with Crippen LogP contribution in [-0.4, -0.2) is 56.2 Å². The SMILES string of the molecule is CN1CC[C@H]1S(=O)(=O)N(C)CC(=O)OCc1ccccc1. The Morgan fingerprint density at radius 1 is 1.38 bits per heavy atom. The van der Waals surface area contributed by atoms with Crippen LogP contribution in [0.4, 0.5) is 0 Å². The van der Waals surface area contributed by atoms with E-state index >= 15 is 0 Å². The first-order valence-corrected chi connectivity index (χ1v) is 8.26. The van der Waals surface area contributed by atoms with Crippen molar-refractivity contribution in [2.24, 2.45) is 0 Å². The lowest BCUT2D eigenvalue weighted by molar-refractivity contribution is -0.144. The van der Waals surface area contributed by atoms with Crippen LogP contribution in [0.2, 0.25) is 0 Å². The van der Waals surface area contributed by atoms with Crippen molar-refractivity contribution in [2.75, 3.05) is 27.2 Å². The summed E-state index contributed by atoms with van der Waals surface area (Å²) < 4.78 is 30.6. The lowest BCUT2D eigenvalue weighted by atomic mass is 10.2. The second-order valence-corrected chi connectivity index (χ2v) is 7.37. The van der Waals surface area contributed by atoms with Gasteiger partial charge >= 0.3 is 5.97 Å². The Bertz CT molecular complexity index is 588. The molecule has 0 N–H and O–H groups in total. The molecule has 6 nitrogen and oxygen atoms in total. The van der Waals surface area contributed by atoms with Crippen LogP contribution >= 0.6 is 0 Å². The highest BCUT2D eigenvalue weighted by Crippen LogP contribution is 2.22. The molecular formula is C14H20N2O4S. The molecule has 0 aliphatic carbocycles. The maximum Gasteiger partial charge on any atom is 0.321 e. The number of likely N-dealkylation sites (N-methyl/N-ethyl adjacent to an activating group) is 1. The van der Waals surface area contributed by atoms with Gasteiger partial charge in [0.2, 0.25) is 10.0 Å². The van der Waals surface area contributed by atoms with E-state index in [1.165, 1.54) is 7.05 Å². The Labute approximate surface area is 125 Å². The van der Waals surface area contributed by atoms with Gasteiger partial charge in [-0.15, -0.1) is 0 Å². The molecule has 2 rings (SSSR count). The second kappa shape index (κ2) is 6.55. The number of carbonyl (C=O) groups excluding carboxylic acids is 1. The quantitative estimate of drug-likeness (QED) is 0.722. The number of rotatable bonds is 6. The van der Waals surface area contributed by atoms with E-state index < -0.39 is 21.4 Å². The van der Waals surface area contributed by atoms with E-state index in [4.69, 9.17) is 4.74 Å². The van der Waals surface area contributed by atoms with Gasteiger partial charge < -0.3 is 4.74 Å². The van der Waals surface area contributed by atoms with E-state index in [0.717, 1.165) is 16.4 Å². The smallest absolute Gasteiger partial charge is 0.321 e. The van der Waals surface area contributed by atoms with Gasteiger partial charge in [-0.1, -0.05) is 30.3 Å². The van der Waals surface area contributed by atoms with Gasteiger partial charge in [0.1, 0.15) is 18.5 Å². The molecule has 1 aromatic carbocycles. The van der Waals surface area contributed by atoms with Crippen molar-refractivity contribution < 1.29 is 17.9 Å². The molecule has 116 valence electrons. The van der Waals surface area contributed by atoms with E-state index in [1.54, 1.807) is 11.9 Å². The molecule has 21 heavy (non-hydrogen) atoms. The van der Waals surface area contributed by atoms with Crippen molar-refractivity contribution in [3.8, 4) is 0 Å². The minimum Gasteiger partial charge on any atom is -0.460 e. The van der Waals surface area contributed by atoms with Crippen LogP contribution in [-0.2, 0) is 26.2 Å². The Morgan fingerprint density at radius 3 is 2.57 bits per heavy atom. The molecule has 1 heterocycles. The van der Waals surface area contributed by atoms with Gasteiger partial charge in [0, 0.05) is 13.6 Å². The maximum atomic E-state index is 12.2. The number of carbonyl (C=O) groups is 1. The number of benzene rings is 1. The third kappa shape index (κ3) is 3.81. The molecular weight excluding hydrogens is 292 g/mol. The molecule has 1 aliphatic heterocycles. The second-order valence-electron chi connectivity index (χ2n) is 5.17. The summed E-state index contributed by atoms with van der Waals surface area (Å²) in [4.78, 5) is 13.5. The highest BCUT2D eigenvalue weighted by Gasteiger charge is 2.39. The molecule has 0 saturated carbocycles. The molecule has 1 aliphatic rings. The molecule has 7 heteroatoms. The number of esters is 1. The molecule has 0 bridgehead atoms. The van der Waals surface area contributed by atoms with Crippen LogP contribution in [0.1, 0.15) is 12.0 Å². The largest absolute Gasteiger partial charge is 0.460 e. The van der Waals surface area contributed by atoms with Gasteiger partial charge in [-0.05, 0) is 19.0 Å². The predicted molar refractivity (Wildman–Crippen MR) is 78.8 cm³/mol. The lowest BCUT2D eigenvalue weighted by Crippen LogP contribution is -2.54. The fraction of sp³-hybridized carbons (Fsp3) is 0.500. The predicted octanol–water partition coefficient (Wildman–Crippen LogP) is 0.653. The number of sulfonamides is 1. The highest BCUT2D eigenvalue weighted by atomic mass is 32.2. The van der Waals surface area contributed by atoms with Crippen LogP contribution in [0.15, 0.2) is 30.3 Å². The number of ether oxygens (including phenoxy) is 1. The summed E-state index contributed by atoms with van der Waals surface area (Å²) in [5.74, 6) is -0.549. The van der Waals surface area contributed by atoms with Crippen LogP contribution in [0, 0.1) is 0 Å². The van der Waals surface area contributed by atoms with Gasteiger partial charge in [0.15, 0.2) is 0 Å². The third-order valence-electron chi connectivity index (χ3n) is 3.59. The minimum atomic E-state index is -3.47. The fourth-order valence-corrected chi connectivity index (χ4v) is 3.80. The summed E-state index contributed by atoms with van der Waals surface area (Å²) in [6.45, 7) is 0.645. The van der Waals surface area contributed by atoms with E-state index in [1.807, 2.05) is 30.3 Å². The minimum absolute atomic E-state index is 0.150. The lowest BCUT2D eigenvalue weighted by Gasteiger charge is -2.38. The Kier molecular flexibility index (Phi) is 4.97. The number of nitrogens with zero attached hydrogens (tertiary/aromatic N) is 2. The molecule has 1 atom stereocenters. The molecule has 0 aromatic heterocycles. The number of likely N-dealkylation sites (tertiary alicyclic amines) is 1. The molecule has 0 radical (unpaired) electrons. The standard InChI is InChI=1S/C14H20N2O4S/c1-15-9-8-13(15)21(18,19)16(2)10-14(17)20-11-12-6-4-3-5-7-12/h3-7,13H,8-11H2,1-2H3/t13-/m1/s1. The summed E-state index contributed by atoms with van der Waals surface area (Å²) in [6, 6.07) is 9.27. The maximum absolute atomic E-state index is 12.2. The van der Waals surface area contributed by atoms with Crippen molar-refractivity contribution in [2.45, 2.75) is 18.4 Å². The zero-order valence-corrected chi connectivity index (χ0v) is 13.0. The van der Waals surface area contributed by atoms with Crippen LogP contribution in [0.25, 0.3) is 0 Å². The monoisotopic (exact) mass is 312 g/mol. The summed E-state index contributed by atoms with van der Waals surface area (Å²) in [6.07, 6.45) is 0.599. The van der Waals surface area contributed by atoms with E-state index in [0.29, 0.717) is 6.42 Å². The van der Waals surface area contributed by atoms with Crippen LogP contribution in [0.5, 0.6) is 0 Å². The van der Waals surface area contributed by atoms with Gasteiger partial charge in [0.25, 0.3) is 0 Å². The topological polar surface area (TPSA) is 66.9 Å². The van der Waals surface area contributed by atoms with Crippen molar-refractivity contribution >= 4 is 16.0 Å². The van der Waals surface area contributed by atoms with Crippen LogP contribution in [0.3, 0.4) is 0 Å². The molecule has 1 fully saturated rings. The summed E-state index contributed by atoms with van der Waals surface area (Å²) in [5, 5.41) is -0.524. The first kappa shape index (κ1) is 15.9. The highest BCUT2D eigenvalue weighted by molar-refractivity contribution is 7.89. The Hall–Kier alpha value is -1.44. The number of hydrogen-bond donors (Lipinski definition) is 0. The van der Waals surface area contributed by atoms with Gasteiger partial charge in [-0.3, -0.25) is 9.69 Å². The molecule has 0 spiro atoms. The number of hydrogen-bond acceptors (Lipinski definition) is 5. The van der Waals surface area contributed by atoms with Crippen molar-refractivity contribution in [3.63, 3.8) is 0 Å². The average molecular weight is 312 g/mol. The van der Waals surface area contributed by atoms with Gasteiger partial charge in [-0.25, -0.2) is 8.42 Å². The van der Waals surface area contributed by atoms with E-state index in [2.05, 4.69) is 0 Å². The zero-order chi connectivity index (χ0) is 15.5. The molecule has 0 unspecified atom stereocenters. The third-order valence-corrected chi connectivity index (χ3v) is 5.87. The van der Waals surface area contributed by atoms with E-state index in [-0.39, 0.29) is 13.2 Å². The van der Waals surface area contributed by atoms with Crippen molar-refractivity contribution in [1.29, 1.82) is 0 Å². The van der Waals surface area contributed by atoms with Crippen LogP contribution < -0.4 is 0 Å². The molecule has 1 aromatic rings. The van der Waals surface area contributed by atoms with E-state index in [9.17, 15) is 13.2 Å². The summed E-state index contributed by atoms with van der Waals surface area (Å²) in [5.41, 5.74) is 0.870. The molecule has 0 amide bonds. The van der Waals surface area contributed by atoms with Gasteiger partial charge in [0.05, 0.1) is 0 Å². The molecule has 1 saturated heterocycles. The first-order valence-electron chi connectivity index (χ1n) is 6.76. The summed E-state index contributed by atoms with van der Waals surface area (Å²) in [7, 11) is -0.306. The normalized spacial score (nSPS) is 19.3. The fourth-order valence-electron chi connectivity index (χ4n) is 2.13. The Balaban J connectivity index is 1.84. The first-order chi connectivity index (χ1) is 9.91. The zero-order valence-electron chi connectivity index (χ0n) is 12.2. The average Bonchev–Trinajstić information content (AvgIpc) is 2.44. The van der Waals surface area contributed by atoms with Crippen molar-refractivity contribution in [1.82, 2.24) is 9.21 Å². The summed E-state index contributed by atoms with van der Waals surface area (Å²) >= 11 is 0. The Morgan fingerprint density at radius 2 is 2.05 bits per heavy atom. The van der Waals surface area contributed by atoms with Gasteiger partial charge in [-0.2, -0.15) is 4.31 Å². The van der Waals surface area contributed by atoms with Crippen molar-refractivity contribution in [3.05, 3.63) is 35.9 Å².